The maximum absolute atomic E-state index is 12.5. The molecule has 5 heteroatoms. The normalized spacial score (nSPS) is 13.8. The topological polar surface area (TPSA) is 12.0 Å². The molecular formula is C13H17BrF3N. The predicted octanol–water partition coefficient (Wildman–Crippen LogP) is 5.31. The Morgan fingerprint density at radius 2 is 1.89 bits per heavy atom. The van der Waals surface area contributed by atoms with Crippen molar-refractivity contribution >= 4 is 21.6 Å². The minimum absolute atomic E-state index is 0.248. The lowest BCUT2D eigenvalue weighted by Crippen LogP contribution is -2.24. The Morgan fingerprint density at radius 1 is 1.28 bits per heavy atom. The van der Waals surface area contributed by atoms with Gasteiger partial charge in [-0.2, -0.15) is 13.2 Å². The van der Waals surface area contributed by atoms with Crippen molar-refractivity contribution in [1.82, 2.24) is 0 Å². The summed E-state index contributed by atoms with van der Waals surface area (Å²) in [6, 6.07) is 3.92. The molecule has 0 heterocycles. The SMILES string of the molecule is CCC(Nc1ccc(C(F)(F)F)cc1Br)C(C)C. The number of nitrogens with one attached hydrogen (secondary N) is 1. The van der Waals surface area contributed by atoms with E-state index in [1.54, 1.807) is 0 Å². The molecule has 0 aliphatic carbocycles. The first kappa shape index (κ1) is 15.3. The molecule has 1 N–H and O–H groups in total. The number of alkyl halides is 3. The van der Waals surface area contributed by atoms with Gasteiger partial charge in [0, 0.05) is 16.2 Å². The van der Waals surface area contributed by atoms with Gasteiger partial charge in [0.1, 0.15) is 0 Å². The molecule has 102 valence electrons. The highest BCUT2D eigenvalue weighted by molar-refractivity contribution is 9.10. The van der Waals surface area contributed by atoms with E-state index in [0.29, 0.717) is 16.1 Å². The van der Waals surface area contributed by atoms with Crippen LogP contribution in [-0.2, 0) is 6.18 Å². The van der Waals surface area contributed by atoms with E-state index in [9.17, 15) is 13.2 Å². The summed E-state index contributed by atoms with van der Waals surface area (Å²) in [5.74, 6) is 0.421. The van der Waals surface area contributed by atoms with Crippen molar-refractivity contribution in [3.8, 4) is 0 Å². The van der Waals surface area contributed by atoms with Gasteiger partial charge in [-0.25, -0.2) is 0 Å². The second kappa shape index (κ2) is 5.95. The number of benzene rings is 1. The average molecular weight is 324 g/mol. The minimum Gasteiger partial charge on any atom is -0.381 e. The summed E-state index contributed by atoms with van der Waals surface area (Å²) in [6.07, 6.45) is -3.38. The van der Waals surface area contributed by atoms with E-state index in [0.717, 1.165) is 18.6 Å². The molecule has 0 aliphatic heterocycles. The minimum atomic E-state index is -4.30. The lowest BCUT2D eigenvalue weighted by Gasteiger charge is -2.23. The zero-order valence-electron chi connectivity index (χ0n) is 10.6. The fourth-order valence-corrected chi connectivity index (χ4v) is 2.24. The van der Waals surface area contributed by atoms with E-state index in [4.69, 9.17) is 0 Å². The molecule has 0 radical (unpaired) electrons. The molecule has 1 unspecified atom stereocenters. The Morgan fingerprint density at radius 3 is 2.28 bits per heavy atom. The van der Waals surface area contributed by atoms with Crippen LogP contribution in [0.2, 0.25) is 0 Å². The molecule has 1 aromatic carbocycles. The molecule has 1 aromatic rings. The third-order valence-electron chi connectivity index (χ3n) is 2.88. The zero-order valence-corrected chi connectivity index (χ0v) is 12.2. The lowest BCUT2D eigenvalue weighted by atomic mass is 10.0. The third kappa shape index (κ3) is 3.90. The fourth-order valence-electron chi connectivity index (χ4n) is 1.75. The Labute approximate surface area is 114 Å². The van der Waals surface area contributed by atoms with Crippen LogP contribution in [0, 0.1) is 5.92 Å². The summed E-state index contributed by atoms with van der Waals surface area (Å²) in [4.78, 5) is 0. The Bertz CT molecular complexity index is 402. The summed E-state index contributed by atoms with van der Waals surface area (Å²) in [6.45, 7) is 6.22. The van der Waals surface area contributed by atoms with Crippen LogP contribution in [0.4, 0.5) is 18.9 Å². The van der Waals surface area contributed by atoms with Crippen LogP contribution in [0.1, 0.15) is 32.8 Å². The van der Waals surface area contributed by atoms with Gasteiger partial charge in [-0.3, -0.25) is 0 Å². The van der Waals surface area contributed by atoms with Gasteiger partial charge in [-0.05, 0) is 46.5 Å². The van der Waals surface area contributed by atoms with Crippen LogP contribution in [0.15, 0.2) is 22.7 Å². The number of halogens is 4. The van der Waals surface area contributed by atoms with Gasteiger partial charge in [0.25, 0.3) is 0 Å². The molecule has 0 aliphatic rings. The van der Waals surface area contributed by atoms with Crippen molar-refractivity contribution in [3.05, 3.63) is 28.2 Å². The monoisotopic (exact) mass is 323 g/mol. The first-order chi connectivity index (χ1) is 8.25. The quantitative estimate of drug-likeness (QED) is 0.791. The van der Waals surface area contributed by atoms with Crippen molar-refractivity contribution in [1.29, 1.82) is 0 Å². The van der Waals surface area contributed by atoms with Crippen molar-refractivity contribution in [2.45, 2.75) is 39.4 Å². The number of anilines is 1. The van der Waals surface area contributed by atoms with Crippen LogP contribution in [0.3, 0.4) is 0 Å². The van der Waals surface area contributed by atoms with E-state index >= 15 is 0 Å². The molecule has 0 saturated heterocycles. The maximum atomic E-state index is 12.5. The van der Waals surface area contributed by atoms with Crippen molar-refractivity contribution in [2.75, 3.05) is 5.32 Å². The number of hydrogen-bond donors (Lipinski definition) is 1. The van der Waals surface area contributed by atoms with Gasteiger partial charge in [0.05, 0.1) is 5.56 Å². The van der Waals surface area contributed by atoms with Gasteiger partial charge in [-0.1, -0.05) is 20.8 Å². The number of hydrogen-bond acceptors (Lipinski definition) is 1. The van der Waals surface area contributed by atoms with Crippen molar-refractivity contribution in [2.24, 2.45) is 5.92 Å². The molecule has 0 spiro atoms. The highest BCUT2D eigenvalue weighted by Crippen LogP contribution is 2.34. The Hall–Kier alpha value is -0.710. The van der Waals surface area contributed by atoms with Crippen LogP contribution in [0.5, 0.6) is 0 Å². The second-order valence-corrected chi connectivity index (χ2v) is 5.45. The molecule has 1 atom stereocenters. The largest absolute Gasteiger partial charge is 0.416 e. The highest BCUT2D eigenvalue weighted by atomic mass is 79.9. The number of rotatable bonds is 4. The molecule has 0 saturated carbocycles. The fraction of sp³-hybridized carbons (Fsp3) is 0.538. The van der Waals surface area contributed by atoms with Gasteiger partial charge >= 0.3 is 6.18 Å². The van der Waals surface area contributed by atoms with Crippen molar-refractivity contribution in [3.63, 3.8) is 0 Å². The first-order valence-electron chi connectivity index (χ1n) is 5.89. The summed E-state index contributed by atoms with van der Waals surface area (Å²) in [5.41, 5.74) is 0.0565. The van der Waals surface area contributed by atoms with E-state index in [1.165, 1.54) is 6.07 Å². The molecule has 0 aromatic heterocycles. The second-order valence-electron chi connectivity index (χ2n) is 4.60. The molecule has 1 nitrogen and oxygen atoms in total. The summed E-state index contributed by atoms with van der Waals surface area (Å²) in [5, 5.41) is 3.26. The standard InChI is InChI=1S/C13H17BrF3N/c1-4-11(8(2)3)18-12-6-5-9(7-10(12)14)13(15,16)17/h5-8,11,18H,4H2,1-3H3. The molecule has 1 rings (SSSR count). The highest BCUT2D eigenvalue weighted by Gasteiger charge is 2.30. The van der Waals surface area contributed by atoms with Gasteiger partial charge in [0.2, 0.25) is 0 Å². The van der Waals surface area contributed by atoms with E-state index in [1.807, 2.05) is 0 Å². The predicted molar refractivity (Wildman–Crippen MR) is 71.7 cm³/mol. The molecule has 18 heavy (non-hydrogen) atoms. The summed E-state index contributed by atoms with van der Waals surface area (Å²) in [7, 11) is 0. The Balaban J connectivity index is 2.93. The van der Waals surface area contributed by atoms with Crippen LogP contribution in [0.25, 0.3) is 0 Å². The van der Waals surface area contributed by atoms with Crippen molar-refractivity contribution < 1.29 is 13.2 Å². The zero-order chi connectivity index (χ0) is 13.9. The first-order valence-corrected chi connectivity index (χ1v) is 6.68. The molecule has 0 bridgehead atoms. The van der Waals surface area contributed by atoms with Gasteiger partial charge < -0.3 is 5.32 Å². The lowest BCUT2D eigenvalue weighted by molar-refractivity contribution is -0.137. The average Bonchev–Trinajstić information content (AvgIpc) is 2.25. The maximum Gasteiger partial charge on any atom is 0.416 e. The third-order valence-corrected chi connectivity index (χ3v) is 3.54. The molecule has 0 amide bonds. The molecular weight excluding hydrogens is 307 g/mol. The Kier molecular flexibility index (Phi) is 5.08. The van der Waals surface area contributed by atoms with E-state index in [2.05, 4.69) is 42.0 Å². The van der Waals surface area contributed by atoms with E-state index in [-0.39, 0.29) is 6.04 Å². The van der Waals surface area contributed by atoms with Crippen LogP contribution in [-0.4, -0.2) is 6.04 Å². The summed E-state index contributed by atoms with van der Waals surface area (Å²) < 4.78 is 38.0. The van der Waals surface area contributed by atoms with E-state index < -0.39 is 11.7 Å². The molecule has 0 fully saturated rings. The van der Waals surface area contributed by atoms with Gasteiger partial charge in [0.15, 0.2) is 0 Å². The van der Waals surface area contributed by atoms with Crippen LogP contribution >= 0.6 is 15.9 Å². The summed E-state index contributed by atoms with van der Waals surface area (Å²) >= 11 is 3.18. The van der Waals surface area contributed by atoms with Crippen LogP contribution < -0.4 is 5.32 Å². The smallest absolute Gasteiger partial charge is 0.381 e. The van der Waals surface area contributed by atoms with Gasteiger partial charge in [-0.15, -0.1) is 0 Å².